The fraction of sp³-hybridized carbons (Fsp3) is 0.727. The first-order valence-electron chi connectivity index (χ1n) is 5.82. The van der Waals surface area contributed by atoms with Crippen LogP contribution in [0.1, 0.15) is 19.8 Å². The normalized spacial score (nSPS) is 29.9. The van der Waals surface area contributed by atoms with Crippen molar-refractivity contribution in [2.75, 3.05) is 13.1 Å². The van der Waals surface area contributed by atoms with Gasteiger partial charge in [-0.2, -0.15) is 0 Å². The number of hydrogen-bond acceptors (Lipinski definition) is 3. The third kappa shape index (κ3) is 2.16. The molecule has 2 fully saturated rings. The zero-order valence-electron chi connectivity index (χ0n) is 9.61. The van der Waals surface area contributed by atoms with E-state index in [2.05, 4.69) is 5.32 Å². The smallest absolute Gasteiger partial charge is 0.240 e. The number of alkyl halides is 1. The van der Waals surface area contributed by atoms with E-state index in [4.69, 9.17) is 11.6 Å². The van der Waals surface area contributed by atoms with Crippen molar-refractivity contribution >= 4 is 29.3 Å². The molecule has 94 valence electrons. The van der Waals surface area contributed by atoms with Gasteiger partial charge in [-0.25, -0.2) is 0 Å². The highest BCUT2D eigenvalue weighted by Gasteiger charge is 2.45. The van der Waals surface area contributed by atoms with Gasteiger partial charge in [0.2, 0.25) is 17.7 Å². The van der Waals surface area contributed by atoms with Gasteiger partial charge < -0.3 is 4.90 Å². The second-order valence-electron chi connectivity index (χ2n) is 4.52. The van der Waals surface area contributed by atoms with Crippen molar-refractivity contribution in [1.29, 1.82) is 0 Å². The van der Waals surface area contributed by atoms with Crippen molar-refractivity contribution < 1.29 is 14.4 Å². The van der Waals surface area contributed by atoms with Crippen molar-refractivity contribution in [3.05, 3.63) is 0 Å². The highest BCUT2D eigenvalue weighted by Crippen LogP contribution is 2.29. The van der Waals surface area contributed by atoms with Crippen LogP contribution < -0.4 is 5.32 Å². The Labute approximate surface area is 104 Å². The Morgan fingerprint density at radius 2 is 2.12 bits per heavy atom. The number of fused-ring (bicyclic) bond motifs is 1. The van der Waals surface area contributed by atoms with Crippen molar-refractivity contribution in [3.63, 3.8) is 0 Å². The van der Waals surface area contributed by atoms with Crippen LogP contribution in [-0.4, -0.2) is 41.1 Å². The third-order valence-electron chi connectivity index (χ3n) is 3.47. The number of rotatable bonds is 2. The first kappa shape index (κ1) is 12.4. The number of nitrogens with one attached hydrogen (secondary N) is 1. The van der Waals surface area contributed by atoms with E-state index in [1.165, 1.54) is 0 Å². The van der Waals surface area contributed by atoms with Crippen LogP contribution in [0.25, 0.3) is 0 Å². The van der Waals surface area contributed by atoms with Gasteiger partial charge in [0.15, 0.2) is 0 Å². The summed E-state index contributed by atoms with van der Waals surface area (Å²) < 4.78 is 0. The summed E-state index contributed by atoms with van der Waals surface area (Å²) >= 11 is 5.90. The molecule has 0 aromatic rings. The summed E-state index contributed by atoms with van der Waals surface area (Å²) in [6.07, 6.45) is 1.11. The Morgan fingerprint density at radius 3 is 2.76 bits per heavy atom. The maximum Gasteiger partial charge on any atom is 0.240 e. The predicted molar refractivity (Wildman–Crippen MR) is 61.3 cm³/mol. The summed E-state index contributed by atoms with van der Waals surface area (Å²) in [6, 6.07) is 0. The zero-order valence-corrected chi connectivity index (χ0v) is 10.4. The number of halogens is 1. The van der Waals surface area contributed by atoms with E-state index in [1.807, 2.05) is 6.92 Å². The minimum absolute atomic E-state index is 0.139. The number of hydrogen-bond donors (Lipinski definition) is 1. The first-order valence-corrected chi connectivity index (χ1v) is 6.25. The monoisotopic (exact) mass is 258 g/mol. The molecule has 3 atom stereocenters. The minimum atomic E-state index is -0.535. The lowest BCUT2D eigenvalue weighted by Crippen LogP contribution is -2.47. The third-order valence-corrected chi connectivity index (χ3v) is 3.97. The van der Waals surface area contributed by atoms with Gasteiger partial charge in [0.1, 0.15) is 5.38 Å². The van der Waals surface area contributed by atoms with Crippen molar-refractivity contribution in [2.24, 2.45) is 11.8 Å². The standard InChI is InChI=1S/C11H15ClN2O3/c1-2-8(12)11(17)14-4-3-6-7(5-14)10(16)13-9(6)15/h6-8H,2-5H2,1H3,(H,13,15,16). The number of carbonyl (C=O) groups excluding carboxylic acids is 3. The van der Waals surface area contributed by atoms with E-state index in [-0.39, 0.29) is 29.6 Å². The van der Waals surface area contributed by atoms with Gasteiger partial charge in [-0.3, -0.25) is 19.7 Å². The fourth-order valence-electron chi connectivity index (χ4n) is 2.41. The molecule has 3 unspecified atom stereocenters. The second kappa shape index (κ2) is 4.64. The van der Waals surface area contributed by atoms with E-state index in [1.54, 1.807) is 4.90 Å². The highest BCUT2D eigenvalue weighted by molar-refractivity contribution is 6.30. The molecular formula is C11H15ClN2O3. The topological polar surface area (TPSA) is 66.5 Å². The quantitative estimate of drug-likeness (QED) is 0.565. The molecule has 0 saturated carbocycles. The molecule has 2 heterocycles. The number of piperidine rings is 1. The van der Waals surface area contributed by atoms with E-state index < -0.39 is 5.38 Å². The van der Waals surface area contributed by atoms with Crippen molar-refractivity contribution in [2.45, 2.75) is 25.1 Å². The van der Waals surface area contributed by atoms with Gasteiger partial charge in [-0.15, -0.1) is 11.6 Å². The van der Waals surface area contributed by atoms with E-state index in [0.717, 1.165) is 0 Å². The predicted octanol–water partition coefficient (Wildman–Crippen LogP) is 0.125. The molecule has 2 saturated heterocycles. The van der Waals surface area contributed by atoms with Gasteiger partial charge in [0.25, 0.3) is 0 Å². The molecule has 0 aliphatic carbocycles. The second-order valence-corrected chi connectivity index (χ2v) is 5.04. The van der Waals surface area contributed by atoms with Gasteiger partial charge in [0.05, 0.1) is 11.8 Å². The van der Waals surface area contributed by atoms with Crippen LogP contribution in [0, 0.1) is 11.8 Å². The Hall–Kier alpha value is -1.10. The molecule has 5 nitrogen and oxygen atoms in total. The minimum Gasteiger partial charge on any atom is -0.341 e. The lowest BCUT2D eigenvalue weighted by Gasteiger charge is -2.33. The van der Waals surface area contributed by atoms with Crippen LogP contribution in [0.3, 0.4) is 0 Å². The van der Waals surface area contributed by atoms with Crippen molar-refractivity contribution in [1.82, 2.24) is 10.2 Å². The highest BCUT2D eigenvalue weighted by atomic mass is 35.5. The average Bonchev–Trinajstić information content (AvgIpc) is 2.62. The van der Waals surface area contributed by atoms with Crippen molar-refractivity contribution in [3.8, 4) is 0 Å². The van der Waals surface area contributed by atoms with E-state index in [9.17, 15) is 14.4 Å². The molecule has 17 heavy (non-hydrogen) atoms. The number of carbonyl (C=O) groups is 3. The number of amides is 3. The number of likely N-dealkylation sites (tertiary alicyclic amines) is 1. The first-order chi connectivity index (χ1) is 8.04. The molecule has 6 heteroatoms. The van der Waals surface area contributed by atoms with Gasteiger partial charge in [-0.1, -0.05) is 6.92 Å². The Morgan fingerprint density at radius 1 is 1.47 bits per heavy atom. The SMILES string of the molecule is CCC(Cl)C(=O)N1CCC2C(=O)NC(=O)C2C1. The summed E-state index contributed by atoms with van der Waals surface area (Å²) in [5.74, 6) is -1.26. The zero-order chi connectivity index (χ0) is 12.6. The molecule has 0 aromatic carbocycles. The lowest BCUT2D eigenvalue weighted by molar-refractivity contribution is -0.136. The fourth-order valence-corrected chi connectivity index (χ4v) is 2.55. The van der Waals surface area contributed by atoms with Crippen LogP contribution in [0.4, 0.5) is 0 Å². The van der Waals surface area contributed by atoms with Crippen LogP contribution in [0.2, 0.25) is 0 Å². The lowest BCUT2D eigenvalue weighted by atomic mass is 9.87. The van der Waals surface area contributed by atoms with E-state index >= 15 is 0 Å². The average molecular weight is 259 g/mol. The summed E-state index contributed by atoms with van der Waals surface area (Å²) in [4.78, 5) is 36.4. The Bertz CT molecular complexity index is 372. The van der Waals surface area contributed by atoms with Crippen LogP contribution in [0.15, 0.2) is 0 Å². The van der Waals surface area contributed by atoms with Crippen LogP contribution in [-0.2, 0) is 14.4 Å². The number of nitrogens with zero attached hydrogens (tertiary/aromatic N) is 1. The van der Waals surface area contributed by atoms with Gasteiger partial charge >= 0.3 is 0 Å². The molecule has 2 aliphatic rings. The summed E-state index contributed by atoms with van der Waals surface area (Å²) in [5.41, 5.74) is 0. The molecule has 0 radical (unpaired) electrons. The van der Waals surface area contributed by atoms with Crippen LogP contribution in [0.5, 0.6) is 0 Å². The molecule has 2 rings (SSSR count). The van der Waals surface area contributed by atoms with Gasteiger partial charge in [-0.05, 0) is 12.8 Å². The van der Waals surface area contributed by atoms with E-state index in [0.29, 0.717) is 25.9 Å². The molecule has 1 N–H and O–H groups in total. The summed E-state index contributed by atoms with van der Waals surface area (Å²) in [6.45, 7) is 2.66. The van der Waals surface area contributed by atoms with Crippen LogP contribution >= 0.6 is 11.6 Å². The Kier molecular flexibility index (Phi) is 3.38. The number of imide groups is 1. The molecule has 2 aliphatic heterocycles. The molecular weight excluding hydrogens is 244 g/mol. The molecule has 0 bridgehead atoms. The molecule has 0 spiro atoms. The summed E-state index contributed by atoms with van der Waals surface area (Å²) in [5, 5.41) is 1.78. The molecule has 0 aromatic heterocycles. The largest absolute Gasteiger partial charge is 0.341 e. The molecule has 3 amide bonds. The van der Waals surface area contributed by atoms with Gasteiger partial charge in [0, 0.05) is 13.1 Å². The maximum absolute atomic E-state index is 11.9. The maximum atomic E-state index is 11.9. The Balaban J connectivity index is 2.05. The summed E-state index contributed by atoms with van der Waals surface area (Å²) in [7, 11) is 0.